The molecule has 0 atom stereocenters. The number of hydrazone groups is 1. The molecular formula is C15H21N3O4. The van der Waals surface area contributed by atoms with Gasteiger partial charge in [0.25, 0.3) is 0 Å². The Bertz CT molecular complexity index is 517. The molecule has 0 fully saturated rings. The van der Waals surface area contributed by atoms with Gasteiger partial charge in [-0.05, 0) is 25.5 Å². The Morgan fingerprint density at radius 3 is 2.77 bits per heavy atom. The molecule has 2 N–H and O–H groups in total. The predicted octanol–water partition coefficient (Wildman–Crippen LogP) is 0.688. The topological polar surface area (TPSA) is 89.0 Å². The number of nitrogens with zero attached hydrogens (tertiary/aromatic N) is 1. The highest BCUT2D eigenvalue weighted by Crippen LogP contribution is 2.15. The molecular weight excluding hydrogens is 286 g/mol. The lowest BCUT2D eigenvalue weighted by Gasteiger charge is -2.06. The van der Waals surface area contributed by atoms with Crippen molar-refractivity contribution >= 4 is 18.0 Å². The summed E-state index contributed by atoms with van der Waals surface area (Å²) < 4.78 is 10.3. The second kappa shape index (κ2) is 10.3. The average Bonchev–Trinajstić information content (AvgIpc) is 2.53. The van der Waals surface area contributed by atoms with Crippen molar-refractivity contribution in [1.82, 2.24) is 10.7 Å². The maximum atomic E-state index is 11.5. The fraction of sp³-hybridized carbons (Fsp3) is 0.400. The smallest absolute Gasteiger partial charge is 0.329 e. The van der Waals surface area contributed by atoms with Crippen LogP contribution in [0.3, 0.4) is 0 Å². The van der Waals surface area contributed by atoms with Crippen LogP contribution in [0, 0.1) is 0 Å². The Labute approximate surface area is 129 Å². The quantitative estimate of drug-likeness (QED) is 0.320. The monoisotopic (exact) mass is 307 g/mol. The second-order valence-electron chi connectivity index (χ2n) is 4.27. The average molecular weight is 307 g/mol. The third-order valence-corrected chi connectivity index (χ3v) is 2.61. The minimum atomic E-state index is -0.817. The molecule has 0 radical (unpaired) electrons. The van der Waals surface area contributed by atoms with Gasteiger partial charge in [-0.3, -0.25) is 9.59 Å². The van der Waals surface area contributed by atoms with E-state index in [0.717, 1.165) is 0 Å². The molecule has 1 aromatic rings. The van der Waals surface area contributed by atoms with Crippen LogP contribution < -0.4 is 15.5 Å². The van der Waals surface area contributed by atoms with E-state index in [0.29, 0.717) is 37.5 Å². The third kappa shape index (κ3) is 6.36. The third-order valence-electron chi connectivity index (χ3n) is 2.61. The number of hydrogen-bond acceptors (Lipinski definition) is 5. The second-order valence-corrected chi connectivity index (χ2v) is 4.27. The number of ether oxygens (including phenoxy) is 2. The van der Waals surface area contributed by atoms with Gasteiger partial charge in [0.05, 0.1) is 12.8 Å². The van der Waals surface area contributed by atoms with Gasteiger partial charge in [0.15, 0.2) is 0 Å². The number of benzene rings is 1. The van der Waals surface area contributed by atoms with Gasteiger partial charge in [0, 0.05) is 25.8 Å². The van der Waals surface area contributed by atoms with Crippen molar-refractivity contribution in [2.45, 2.75) is 13.3 Å². The molecule has 0 bridgehead atoms. The Morgan fingerprint density at radius 2 is 2.05 bits per heavy atom. The molecule has 0 aliphatic rings. The molecule has 120 valence electrons. The number of amides is 2. The molecule has 7 nitrogen and oxygen atoms in total. The van der Waals surface area contributed by atoms with E-state index in [1.54, 1.807) is 19.2 Å². The zero-order valence-corrected chi connectivity index (χ0v) is 12.8. The van der Waals surface area contributed by atoms with E-state index in [-0.39, 0.29) is 0 Å². The standard InChI is InChI=1S/C15H21N3O4/c1-3-22-13-8-5-4-7-12(13)11-17-18-15(20)14(19)16-9-6-10-21-2/h4-5,7-8,11H,3,6,9-10H2,1-2H3,(H,16,19)(H,18,20)/b17-11+. The fourth-order valence-electron chi connectivity index (χ4n) is 1.58. The van der Waals surface area contributed by atoms with Gasteiger partial charge in [-0.2, -0.15) is 5.10 Å². The van der Waals surface area contributed by atoms with Crippen molar-refractivity contribution in [2.24, 2.45) is 5.10 Å². The van der Waals surface area contributed by atoms with Crippen molar-refractivity contribution in [1.29, 1.82) is 0 Å². The Kier molecular flexibility index (Phi) is 8.29. The summed E-state index contributed by atoms with van der Waals surface area (Å²) in [6.45, 7) is 3.30. The summed E-state index contributed by atoms with van der Waals surface area (Å²) in [6.07, 6.45) is 2.07. The van der Waals surface area contributed by atoms with E-state index in [1.807, 2.05) is 19.1 Å². The summed E-state index contributed by atoms with van der Waals surface area (Å²) in [5, 5.41) is 6.23. The first-order chi connectivity index (χ1) is 10.7. The SMILES string of the molecule is CCOc1ccccc1/C=N/NC(=O)C(=O)NCCCOC. The van der Waals surface area contributed by atoms with Gasteiger partial charge in [0.1, 0.15) is 5.75 Å². The molecule has 0 aromatic heterocycles. The van der Waals surface area contributed by atoms with Crippen LogP contribution in [0.25, 0.3) is 0 Å². The molecule has 0 heterocycles. The van der Waals surface area contributed by atoms with Crippen LogP contribution in [0.1, 0.15) is 18.9 Å². The maximum absolute atomic E-state index is 11.5. The van der Waals surface area contributed by atoms with Crippen LogP contribution in [0.2, 0.25) is 0 Å². The summed E-state index contributed by atoms with van der Waals surface area (Å²) in [4.78, 5) is 23.0. The summed E-state index contributed by atoms with van der Waals surface area (Å²) in [7, 11) is 1.57. The lowest BCUT2D eigenvalue weighted by Crippen LogP contribution is -2.38. The minimum absolute atomic E-state index is 0.372. The molecule has 22 heavy (non-hydrogen) atoms. The summed E-state index contributed by atoms with van der Waals surface area (Å²) in [6, 6.07) is 7.27. The molecule has 0 saturated carbocycles. The summed E-state index contributed by atoms with van der Waals surface area (Å²) in [5.41, 5.74) is 2.89. The zero-order valence-electron chi connectivity index (χ0n) is 12.8. The van der Waals surface area contributed by atoms with Gasteiger partial charge in [0.2, 0.25) is 0 Å². The number of carbonyl (C=O) groups excluding carboxylic acids is 2. The van der Waals surface area contributed by atoms with Crippen molar-refractivity contribution in [2.75, 3.05) is 26.9 Å². The molecule has 0 unspecified atom stereocenters. The van der Waals surface area contributed by atoms with Gasteiger partial charge < -0.3 is 14.8 Å². The number of carbonyl (C=O) groups is 2. The van der Waals surface area contributed by atoms with Crippen LogP contribution in [-0.4, -0.2) is 44.9 Å². The van der Waals surface area contributed by atoms with E-state index >= 15 is 0 Å². The first-order valence-corrected chi connectivity index (χ1v) is 7.01. The van der Waals surface area contributed by atoms with E-state index in [2.05, 4.69) is 15.8 Å². The highest BCUT2D eigenvalue weighted by atomic mass is 16.5. The molecule has 0 spiro atoms. The normalized spacial score (nSPS) is 10.5. The van der Waals surface area contributed by atoms with E-state index in [9.17, 15) is 9.59 Å². The van der Waals surface area contributed by atoms with Crippen molar-refractivity contribution in [3.63, 3.8) is 0 Å². The van der Waals surface area contributed by atoms with Crippen molar-refractivity contribution in [3.8, 4) is 5.75 Å². The molecule has 2 amide bonds. The van der Waals surface area contributed by atoms with Gasteiger partial charge in [-0.1, -0.05) is 12.1 Å². The number of hydrogen-bond donors (Lipinski definition) is 2. The van der Waals surface area contributed by atoms with E-state index in [4.69, 9.17) is 9.47 Å². The molecule has 0 aliphatic carbocycles. The van der Waals surface area contributed by atoms with E-state index < -0.39 is 11.8 Å². The van der Waals surface area contributed by atoms with Crippen LogP contribution in [0.4, 0.5) is 0 Å². The Morgan fingerprint density at radius 1 is 1.27 bits per heavy atom. The van der Waals surface area contributed by atoms with Crippen LogP contribution in [-0.2, 0) is 14.3 Å². The van der Waals surface area contributed by atoms with Crippen LogP contribution in [0.15, 0.2) is 29.4 Å². The highest BCUT2D eigenvalue weighted by Gasteiger charge is 2.11. The van der Waals surface area contributed by atoms with Crippen molar-refractivity contribution in [3.05, 3.63) is 29.8 Å². The molecule has 0 saturated heterocycles. The first-order valence-electron chi connectivity index (χ1n) is 7.01. The lowest BCUT2D eigenvalue weighted by molar-refractivity contribution is -0.139. The molecule has 1 aromatic carbocycles. The zero-order chi connectivity index (χ0) is 16.2. The number of para-hydroxylation sites is 1. The van der Waals surface area contributed by atoms with E-state index in [1.165, 1.54) is 6.21 Å². The van der Waals surface area contributed by atoms with Crippen LogP contribution >= 0.6 is 0 Å². The molecule has 1 rings (SSSR count). The van der Waals surface area contributed by atoms with Crippen LogP contribution in [0.5, 0.6) is 5.75 Å². The number of methoxy groups -OCH3 is 1. The Hall–Kier alpha value is -2.41. The maximum Gasteiger partial charge on any atom is 0.329 e. The molecule has 0 aliphatic heterocycles. The summed E-state index contributed by atoms with van der Waals surface area (Å²) in [5.74, 6) is -0.888. The van der Waals surface area contributed by atoms with Gasteiger partial charge in [-0.25, -0.2) is 5.43 Å². The minimum Gasteiger partial charge on any atom is -0.493 e. The fourth-order valence-corrected chi connectivity index (χ4v) is 1.58. The summed E-state index contributed by atoms with van der Waals surface area (Å²) >= 11 is 0. The van der Waals surface area contributed by atoms with Crippen molar-refractivity contribution < 1.29 is 19.1 Å². The number of nitrogens with one attached hydrogen (secondary N) is 2. The largest absolute Gasteiger partial charge is 0.493 e. The number of rotatable bonds is 8. The Balaban J connectivity index is 2.44. The lowest BCUT2D eigenvalue weighted by atomic mass is 10.2. The highest BCUT2D eigenvalue weighted by molar-refractivity contribution is 6.35. The predicted molar refractivity (Wildman–Crippen MR) is 82.9 cm³/mol. The van der Waals surface area contributed by atoms with Gasteiger partial charge in [-0.15, -0.1) is 0 Å². The first kappa shape index (κ1) is 17.6. The van der Waals surface area contributed by atoms with Gasteiger partial charge >= 0.3 is 11.8 Å². The molecule has 7 heteroatoms.